The first-order chi connectivity index (χ1) is 20.9. The van der Waals surface area contributed by atoms with E-state index < -0.39 is 0 Å². The fourth-order valence-electron chi connectivity index (χ4n) is 6.33. The highest BCUT2D eigenvalue weighted by Crippen LogP contribution is 2.39. The molecule has 0 bridgehead atoms. The van der Waals surface area contributed by atoms with E-state index in [0.29, 0.717) is 24.6 Å². The molecule has 2 aromatic carbocycles. The van der Waals surface area contributed by atoms with Gasteiger partial charge in [0.25, 0.3) is 0 Å². The minimum absolute atomic E-state index is 0.199. The van der Waals surface area contributed by atoms with E-state index in [9.17, 15) is 10.2 Å². The number of phenols is 2. The van der Waals surface area contributed by atoms with Gasteiger partial charge < -0.3 is 20.8 Å². The molecular formula is C38H48N4O2. The van der Waals surface area contributed by atoms with Crippen LogP contribution in [0.2, 0.25) is 0 Å². The third-order valence-electron chi connectivity index (χ3n) is 8.90. The summed E-state index contributed by atoms with van der Waals surface area (Å²) in [5, 5.41) is 30.4. The maximum absolute atomic E-state index is 11.4. The van der Waals surface area contributed by atoms with E-state index in [0.717, 1.165) is 57.3 Å². The number of pyridine rings is 2. The third kappa shape index (κ3) is 7.31. The van der Waals surface area contributed by atoms with Crippen molar-refractivity contribution in [2.75, 3.05) is 0 Å². The number of hydrogen-bond donors (Lipinski definition) is 4. The second-order valence-electron chi connectivity index (χ2n) is 14.3. The molecule has 6 nitrogen and oxygen atoms in total. The van der Waals surface area contributed by atoms with Crippen LogP contribution in [0.1, 0.15) is 89.5 Å². The zero-order valence-electron chi connectivity index (χ0n) is 27.1. The van der Waals surface area contributed by atoms with Gasteiger partial charge in [-0.25, -0.2) is 0 Å². The Labute approximate surface area is 263 Å². The number of phenolic OH excluding ortho intramolecular Hbond substituents is 2. The highest BCUT2D eigenvalue weighted by molar-refractivity contribution is 5.69. The average molecular weight is 593 g/mol. The van der Waals surface area contributed by atoms with Crippen molar-refractivity contribution in [3.05, 3.63) is 95.6 Å². The smallest absolute Gasteiger partial charge is 0.123 e. The first-order valence-corrected chi connectivity index (χ1v) is 15.9. The van der Waals surface area contributed by atoms with Crippen LogP contribution in [0.5, 0.6) is 11.5 Å². The Morgan fingerprint density at radius 1 is 0.591 bits per heavy atom. The summed E-state index contributed by atoms with van der Waals surface area (Å²) in [6.07, 6.45) is 11.7. The van der Waals surface area contributed by atoms with Gasteiger partial charge in [0, 0.05) is 72.2 Å². The normalized spacial score (nSPS) is 17.5. The Bertz CT molecular complexity index is 1440. The highest BCUT2D eigenvalue weighted by atomic mass is 16.3. The summed E-state index contributed by atoms with van der Waals surface area (Å²) in [7, 11) is 0. The highest BCUT2D eigenvalue weighted by Gasteiger charge is 2.28. The second kappa shape index (κ2) is 13.1. The van der Waals surface area contributed by atoms with Gasteiger partial charge in [-0.1, -0.05) is 54.4 Å². The summed E-state index contributed by atoms with van der Waals surface area (Å²) in [6, 6.07) is 17.0. The average Bonchev–Trinajstić information content (AvgIpc) is 3.00. The first kappa shape index (κ1) is 31.7. The maximum Gasteiger partial charge on any atom is 0.123 e. The Kier molecular flexibility index (Phi) is 9.42. The molecule has 4 aromatic rings. The lowest BCUT2D eigenvalue weighted by atomic mass is 9.83. The minimum atomic E-state index is -0.199. The van der Waals surface area contributed by atoms with Crippen molar-refractivity contribution in [1.82, 2.24) is 20.6 Å². The van der Waals surface area contributed by atoms with Crippen molar-refractivity contribution in [3.63, 3.8) is 0 Å². The molecule has 2 atom stereocenters. The van der Waals surface area contributed by atoms with Crippen LogP contribution >= 0.6 is 0 Å². The van der Waals surface area contributed by atoms with Gasteiger partial charge in [-0.05, 0) is 94.5 Å². The van der Waals surface area contributed by atoms with Crippen LogP contribution in [0.4, 0.5) is 0 Å². The number of aromatic hydroxyl groups is 2. The molecule has 0 spiro atoms. The topological polar surface area (TPSA) is 90.3 Å². The Morgan fingerprint density at radius 2 is 0.955 bits per heavy atom. The van der Waals surface area contributed by atoms with E-state index in [1.165, 1.54) is 12.8 Å². The molecular weight excluding hydrogens is 544 g/mol. The van der Waals surface area contributed by atoms with Gasteiger partial charge in [0.1, 0.15) is 11.5 Å². The van der Waals surface area contributed by atoms with Crippen LogP contribution in [-0.2, 0) is 23.9 Å². The van der Waals surface area contributed by atoms with Crippen LogP contribution in [0.15, 0.2) is 73.3 Å². The molecule has 1 saturated carbocycles. The van der Waals surface area contributed by atoms with E-state index >= 15 is 0 Å². The summed E-state index contributed by atoms with van der Waals surface area (Å²) >= 11 is 0. The third-order valence-corrected chi connectivity index (χ3v) is 8.90. The fraction of sp³-hybridized carbons (Fsp3) is 0.421. The zero-order chi connectivity index (χ0) is 31.5. The molecule has 5 rings (SSSR count). The molecule has 4 N–H and O–H groups in total. The summed E-state index contributed by atoms with van der Waals surface area (Å²) in [6.45, 7) is 14.0. The van der Waals surface area contributed by atoms with E-state index in [4.69, 9.17) is 0 Å². The van der Waals surface area contributed by atoms with Gasteiger partial charge in [-0.15, -0.1) is 0 Å². The molecule has 2 unspecified atom stereocenters. The molecule has 44 heavy (non-hydrogen) atoms. The van der Waals surface area contributed by atoms with E-state index in [1.54, 1.807) is 0 Å². The Hall–Kier alpha value is -3.74. The molecule has 6 heteroatoms. The van der Waals surface area contributed by atoms with Crippen molar-refractivity contribution in [2.24, 2.45) is 0 Å². The molecule has 232 valence electrons. The number of nitrogens with one attached hydrogen (secondary N) is 2. The number of aromatic nitrogens is 2. The molecule has 1 fully saturated rings. The monoisotopic (exact) mass is 592 g/mol. The lowest BCUT2D eigenvalue weighted by molar-refractivity contribution is 0.279. The van der Waals surface area contributed by atoms with Gasteiger partial charge in [0.05, 0.1) is 0 Å². The van der Waals surface area contributed by atoms with Crippen molar-refractivity contribution in [2.45, 2.75) is 103 Å². The predicted molar refractivity (Wildman–Crippen MR) is 180 cm³/mol. The van der Waals surface area contributed by atoms with Crippen LogP contribution < -0.4 is 10.6 Å². The molecule has 2 heterocycles. The largest absolute Gasteiger partial charge is 0.507 e. The van der Waals surface area contributed by atoms with Gasteiger partial charge >= 0.3 is 0 Å². The van der Waals surface area contributed by atoms with E-state index in [-0.39, 0.29) is 22.9 Å². The maximum atomic E-state index is 11.4. The van der Waals surface area contributed by atoms with Crippen LogP contribution in [-0.4, -0.2) is 32.3 Å². The SMILES string of the molecule is CC(C)(C)c1cc(-c2ccncc2)cc(CNC2CCCCC2NCc2cc(-c3ccncc3)cc(C(C)(C)C)c2O)c1O. The van der Waals surface area contributed by atoms with Crippen molar-refractivity contribution in [3.8, 4) is 33.8 Å². The van der Waals surface area contributed by atoms with Crippen LogP contribution in [0.25, 0.3) is 22.3 Å². The summed E-state index contributed by atoms with van der Waals surface area (Å²) < 4.78 is 0. The second-order valence-corrected chi connectivity index (χ2v) is 14.3. The van der Waals surface area contributed by atoms with Gasteiger partial charge in [-0.3, -0.25) is 9.97 Å². The molecule has 2 aromatic heterocycles. The van der Waals surface area contributed by atoms with Crippen molar-refractivity contribution >= 4 is 0 Å². The standard InChI is InChI=1S/C38H48N4O2/c1-37(2,3)31-21-27(25-11-15-39-16-12-25)19-29(35(31)43)23-41-33-9-7-8-10-34(33)42-24-30-20-28(26-13-17-40-18-14-26)22-32(36(30)44)38(4,5)6/h11-22,33-34,41-44H,7-10,23-24H2,1-6H3. The summed E-state index contributed by atoms with van der Waals surface area (Å²) in [5.74, 6) is 0.742. The number of hydrogen-bond acceptors (Lipinski definition) is 6. The Morgan fingerprint density at radius 3 is 1.30 bits per heavy atom. The minimum Gasteiger partial charge on any atom is -0.507 e. The first-order valence-electron chi connectivity index (χ1n) is 15.9. The molecule has 1 aliphatic carbocycles. The lowest BCUT2D eigenvalue weighted by Gasteiger charge is -2.34. The van der Waals surface area contributed by atoms with Gasteiger partial charge in [0.15, 0.2) is 0 Å². The fourth-order valence-corrected chi connectivity index (χ4v) is 6.33. The quantitative estimate of drug-likeness (QED) is 0.166. The zero-order valence-corrected chi connectivity index (χ0v) is 27.1. The molecule has 1 aliphatic rings. The summed E-state index contributed by atoms with van der Waals surface area (Å²) in [5.41, 5.74) is 7.67. The van der Waals surface area contributed by atoms with Crippen LogP contribution in [0.3, 0.4) is 0 Å². The van der Waals surface area contributed by atoms with Crippen molar-refractivity contribution < 1.29 is 10.2 Å². The van der Waals surface area contributed by atoms with Crippen molar-refractivity contribution in [1.29, 1.82) is 0 Å². The number of benzene rings is 2. The number of rotatable bonds is 8. The summed E-state index contributed by atoms with van der Waals surface area (Å²) in [4.78, 5) is 8.37. The van der Waals surface area contributed by atoms with E-state index in [2.05, 4.69) is 86.4 Å². The van der Waals surface area contributed by atoms with Gasteiger partial charge in [0.2, 0.25) is 0 Å². The molecule has 0 amide bonds. The van der Waals surface area contributed by atoms with Crippen LogP contribution in [0, 0.1) is 0 Å². The predicted octanol–water partition coefficient (Wildman–Crippen LogP) is 8.01. The molecule has 0 saturated heterocycles. The van der Waals surface area contributed by atoms with Gasteiger partial charge in [-0.2, -0.15) is 0 Å². The van der Waals surface area contributed by atoms with E-state index in [1.807, 2.05) is 49.1 Å². The lowest BCUT2D eigenvalue weighted by Crippen LogP contribution is -2.49. The Balaban J connectivity index is 1.37. The molecule has 0 aliphatic heterocycles. The molecule has 0 radical (unpaired) electrons. The number of nitrogens with zero attached hydrogens (tertiary/aromatic N) is 2.